The second kappa shape index (κ2) is 7.36. The standard InChI is InChI=1S/C15H26N2OS/c1-11(2)7-13(10-18)16-8-14-9-17-15(19-14)12-5-3-4-6-12/h9,11-13,16,18H,3-8,10H2,1-2H3. The lowest BCUT2D eigenvalue weighted by Gasteiger charge is -2.17. The molecule has 1 unspecified atom stereocenters. The molecule has 1 atom stereocenters. The molecule has 108 valence electrons. The van der Waals surface area contributed by atoms with Crippen LogP contribution in [0.1, 0.15) is 61.8 Å². The Labute approximate surface area is 120 Å². The zero-order valence-electron chi connectivity index (χ0n) is 12.1. The van der Waals surface area contributed by atoms with Gasteiger partial charge < -0.3 is 10.4 Å². The number of aliphatic hydroxyl groups excluding tert-OH is 1. The molecule has 1 fully saturated rings. The molecule has 0 aromatic carbocycles. The van der Waals surface area contributed by atoms with Crippen molar-refractivity contribution in [1.82, 2.24) is 10.3 Å². The first kappa shape index (κ1) is 14.9. The summed E-state index contributed by atoms with van der Waals surface area (Å²) in [5.41, 5.74) is 0. The normalized spacial score (nSPS) is 18.3. The second-order valence-corrected chi connectivity index (χ2v) is 7.18. The molecule has 19 heavy (non-hydrogen) atoms. The van der Waals surface area contributed by atoms with Crippen molar-refractivity contribution in [1.29, 1.82) is 0 Å². The van der Waals surface area contributed by atoms with E-state index in [1.165, 1.54) is 35.6 Å². The lowest BCUT2D eigenvalue weighted by atomic mass is 10.0. The van der Waals surface area contributed by atoms with Gasteiger partial charge in [0.05, 0.1) is 11.6 Å². The summed E-state index contributed by atoms with van der Waals surface area (Å²) in [4.78, 5) is 5.87. The molecule has 1 aliphatic rings. The van der Waals surface area contributed by atoms with Gasteiger partial charge in [-0.1, -0.05) is 26.7 Å². The highest BCUT2D eigenvalue weighted by molar-refractivity contribution is 7.11. The summed E-state index contributed by atoms with van der Waals surface area (Å²) in [6.07, 6.45) is 8.37. The first-order chi connectivity index (χ1) is 9.19. The molecule has 2 N–H and O–H groups in total. The molecule has 1 aromatic rings. The summed E-state index contributed by atoms with van der Waals surface area (Å²) in [6, 6.07) is 0.206. The molecule has 0 saturated heterocycles. The molecule has 0 aliphatic heterocycles. The SMILES string of the molecule is CC(C)CC(CO)NCc1cnc(C2CCCC2)s1. The highest BCUT2D eigenvalue weighted by Gasteiger charge is 2.20. The molecule has 2 rings (SSSR count). The number of nitrogens with one attached hydrogen (secondary N) is 1. The van der Waals surface area contributed by atoms with Crippen LogP contribution in [-0.4, -0.2) is 22.7 Å². The van der Waals surface area contributed by atoms with E-state index in [-0.39, 0.29) is 12.6 Å². The summed E-state index contributed by atoms with van der Waals surface area (Å²) in [7, 11) is 0. The zero-order chi connectivity index (χ0) is 13.7. The van der Waals surface area contributed by atoms with E-state index in [4.69, 9.17) is 0 Å². The molecule has 1 aromatic heterocycles. The fourth-order valence-corrected chi connectivity index (χ4v) is 3.84. The maximum Gasteiger partial charge on any atom is 0.0959 e. The van der Waals surface area contributed by atoms with Gasteiger partial charge in [-0.2, -0.15) is 0 Å². The van der Waals surface area contributed by atoms with Gasteiger partial charge in [-0.05, 0) is 25.2 Å². The first-order valence-electron chi connectivity index (χ1n) is 7.48. The van der Waals surface area contributed by atoms with Gasteiger partial charge in [0.25, 0.3) is 0 Å². The Bertz CT molecular complexity index is 372. The maximum atomic E-state index is 9.36. The lowest BCUT2D eigenvalue weighted by molar-refractivity contribution is 0.224. The van der Waals surface area contributed by atoms with Crippen molar-refractivity contribution in [3.8, 4) is 0 Å². The third kappa shape index (κ3) is 4.55. The average Bonchev–Trinajstić information content (AvgIpc) is 3.03. The number of hydrogen-bond donors (Lipinski definition) is 2. The highest BCUT2D eigenvalue weighted by Crippen LogP contribution is 2.35. The molecule has 0 radical (unpaired) electrons. The van der Waals surface area contributed by atoms with Crippen LogP contribution in [0.25, 0.3) is 0 Å². The van der Waals surface area contributed by atoms with Gasteiger partial charge in [0, 0.05) is 29.6 Å². The molecule has 0 bridgehead atoms. The van der Waals surface area contributed by atoms with Crippen molar-refractivity contribution in [3.63, 3.8) is 0 Å². The van der Waals surface area contributed by atoms with E-state index < -0.39 is 0 Å². The number of rotatable bonds is 7. The van der Waals surface area contributed by atoms with Crippen LogP contribution in [0, 0.1) is 5.92 Å². The molecule has 1 heterocycles. The van der Waals surface area contributed by atoms with E-state index >= 15 is 0 Å². The fourth-order valence-electron chi connectivity index (χ4n) is 2.80. The Kier molecular flexibility index (Phi) is 5.79. The van der Waals surface area contributed by atoms with Crippen LogP contribution in [-0.2, 0) is 6.54 Å². The molecule has 1 aliphatic carbocycles. The predicted molar refractivity (Wildman–Crippen MR) is 80.5 cm³/mol. The van der Waals surface area contributed by atoms with Crippen molar-refractivity contribution in [2.24, 2.45) is 5.92 Å². The highest BCUT2D eigenvalue weighted by atomic mass is 32.1. The van der Waals surface area contributed by atoms with Crippen molar-refractivity contribution in [3.05, 3.63) is 16.1 Å². The van der Waals surface area contributed by atoms with Crippen LogP contribution in [0.3, 0.4) is 0 Å². The number of hydrogen-bond acceptors (Lipinski definition) is 4. The van der Waals surface area contributed by atoms with Gasteiger partial charge in [0.2, 0.25) is 0 Å². The van der Waals surface area contributed by atoms with E-state index in [1.807, 2.05) is 17.5 Å². The number of thiazole rings is 1. The Morgan fingerprint density at radius 2 is 2.16 bits per heavy atom. The summed E-state index contributed by atoms with van der Waals surface area (Å²) < 4.78 is 0. The van der Waals surface area contributed by atoms with Crippen LogP contribution in [0.15, 0.2) is 6.20 Å². The Morgan fingerprint density at radius 1 is 1.42 bits per heavy atom. The Morgan fingerprint density at radius 3 is 2.79 bits per heavy atom. The maximum absolute atomic E-state index is 9.36. The quantitative estimate of drug-likeness (QED) is 0.806. The first-order valence-corrected chi connectivity index (χ1v) is 8.29. The van der Waals surface area contributed by atoms with Crippen molar-refractivity contribution in [2.75, 3.05) is 6.61 Å². The Hall–Kier alpha value is -0.450. The van der Waals surface area contributed by atoms with E-state index in [9.17, 15) is 5.11 Å². The van der Waals surface area contributed by atoms with E-state index in [1.54, 1.807) is 0 Å². The van der Waals surface area contributed by atoms with E-state index in [2.05, 4.69) is 24.1 Å². The molecule has 1 saturated carbocycles. The summed E-state index contributed by atoms with van der Waals surface area (Å²) in [5.74, 6) is 1.32. The van der Waals surface area contributed by atoms with Gasteiger partial charge in [0.15, 0.2) is 0 Å². The zero-order valence-corrected chi connectivity index (χ0v) is 12.9. The smallest absolute Gasteiger partial charge is 0.0959 e. The third-order valence-electron chi connectivity index (χ3n) is 3.82. The molecule has 4 heteroatoms. The summed E-state index contributed by atoms with van der Waals surface area (Å²) in [5, 5.41) is 14.1. The summed E-state index contributed by atoms with van der Waals surface area (Å²) >= 11 is 1.85. The van der Waals surface area contributed by atoms with Crippen LogP contribution >= 0.6 is 11.3 Å². The van der Waals surface area contributed by atoms with Gasteiger partial charge in [0.1, 0.15) is 0 Å². The minimum absolute atomic E-state index is 0.206. The van der Waals surface area contributed by atoms with Crippen molar-refractivity contribution in [2.45, 2.75) is 64.5 Å². The predicted octanol–water partition coefficient (Wildman–Crippen LogP) is 3.30. The Balaban J connectivity index is 1.82. The monoisotopic (exact) mass is 282 g/mol. The van der Waals surface area contributed by atoms with E-state index in [0.717, 1.165) is 13.0 Å². The molecular weight excluding hydrogens is 256 g/mol. The van der Waals surface area contributed by atoms with Gasteiger partial charge in [-0.25, -0.2) is 4.98 Å². The minimum atomic E-state index is 0.206. The topological polar surface area (TPSA) is 45.1 Å². The number of aliphatic hydroxyl groups is 1. The fraction of sp³-hybridized carbons (Fsp3) is 0.800. The third-order valence-corrected chi connectivity index (χ3v) is 4.98. The number of nitrogens with zero attached hydrogens (tertiary/aromatic N) is 1. The van der Waals surface area contributed by atoms with Gasteiger partial charge in [-0.3, -0.25) is 0 Å². The largest absolute Gasteiger partial charge is 0.395 e. The average molecular weight is 282 g/mol. The second-order valence-electron chi connectivity index (χ2n) is 6.04. The molecule has 0 spiro atoms. The van der Waals surface area contributed by atoms with Crippen LogP contribution in [0.2, 0.25) is 0 Å². The van der Waals surface area contributed by atoms with Gasteiger partial charge >= 0.3 is 0 Å². The number of aromatic nitrogens is 1. The molecule has 3 nitrogen and oxygen atoms in total. The van der Waals surface area contributed by atoms with Crippen molar-refractivity contribution < 1.29 is 5.11 Å². The van der Waals surface area contributed by atoms with Crippen LogP contribution in [0.5, 0.6) is 0 Å². The van der Waals surface area contributed by atoms with Crippen molar-refractivity contribution >= 4 is 11.3 Å². The lowest BCUT2D eigenvalue weighted by Crippen LogP contribution is -2.33. The molecule has 0 amide bonds. The van der Waals surface area contributed by atoms with Crippen LogP contribution in [0.4, 0.5) is 0 Å². The summed E-state index contributed by atoms with van der Waals surface area (Å²) in [6.45, 7) is 5.43. The van der Waals surface area contributed by atoms with E-state index in [0.29, 0.717) is 11.8 Å². The molecular formula is C15H26N2OS. The minimum Gasteiger partial charge on any atom is -0.395 e. The van der Waals surface area contributed by atoms with Gasteiger partial charge in [-0.15, -0.1) is 11.3 Å². The van der Waals surface area contributed by atoms with Crippen LogP contribution < -0.4 is 5.32 Å².